The number of aryl methyl sites for hydroxylation is 1. The predicted molar refractivity (Wildman–Crippen MR) is 98.1 cm³/mol. The van der Waals surface area contributed by atoms with Crippen molar-refractivity contribution in [3.05, 3.63) is 30.2 Å². The van der Waals surface area contributed by atoms with Crippen LogP contribution in [0.15, 0.2) is 24.5 Å². The molecule has 3 rings (SSSR count). The summed E-state index contributed by atoms with van der Waals surface area (Å²) in [6.07, 6.45) is 6.55. The van der Waals surface area contributed by atoms with Crippen LogP contribution < -0.4 is 5.32 Å². The molecule has 136 valence electrons. The lowest BCUT2D eigenvalue weighted by Crippen LogP contribution is -2.45. The lowest BCUT2D eigenvalue weighted by molar-refractivity contribution is -0.0681. The number of anilines is 1. The molecule has 0 amide bonds. The summed E-state index contributed by atoms with van der Waals surface area (Å²) in [6.45, 7) is 10.3. The zero-order valence-electron chi connectivity index (χ0n) is 15.4. The second kappa shape index (κ2) is 8.40. The molecule has 7 nitrogen and oxygen atoms in total. The second-order valence-electron chi connectivity index (χ2n) is 6.79. The van der Waals surface area contributed by atoms with E-state index >= 15 is 0 Å². The van der Waals surface area contributed by atoms with Crippen LogP contribution in [0.4, 0.5) is 5.95 Å². The first-order valence-corrected chi connectivity index (χ1v) is 9.07. The Balaban J connectivity index is 1.43. The van der Waals surface area contributed by atoms with Gasteiger partial charge in [-0.2, -0.15) is 10.1 Å². The van der Waals surface area contributed by atoms with Gasteiger partial charge in [-0.05, 0) is 46.2 Å². The van der Waals surface area contributed by atoms with Gasteiger partial charge in [-0.1, -0.05) is 0 Å². The van der Waals surface area contributed by atoms with Crippen molar-refractivity contribution in [1.29, 1.82) is 0 Å². The van der Waals surface area contributed by atoms with Gasteiger partial charge in [0.2, 0.25) is 5.95 Å². The van der Waals surface area contributed by atoms with Crippen molar-refractivity contribution < 1.29 is 4.74 Å². The number of morpholine rings is 1. The van der Waals surface area contributed by atoms with Crippen LogP contribution in [0.3, 0.4) is 0 Å². The van der Waals surface area contributed by atoms with Crippen LogP contribution in [-0.4, -0.2) is 63.0 Å². The molecule has 1 aliphatic rings. The minimum absolute atomic E-state index is 0.336. The average molecular weight is 344 g/mol. The third-order valence-corrected chi connectivity index (χ3v) is 4.26. The summed E-state index contributed by atoms with van der Waals surface area (Å²) >= 11 is 0. The normalized spacial score (nSPS) is 21.4. The molecule has 0 bridgehead atoms. The van der Waals surface area contributed by atoms with Crippen LogP contribution >= 0.6 is 0 Å². The van der Waals surface area contributed by atoms with E-state index in [2.05, 4.69) is 39.1 Å². The molecule has 1 aliphatic heterocycles. The van der Waals surface area contributed by atoms with Crippen LogP contribution in [0, 0.1) is 6.92 Å². The molecule has 2 atom stereocenters. The topological polar surface area (TPSA) is 68.1 Å². The fourth-order valence-electron chi connectivity index (χ4n) is 3.28. The Hall–Kier alpha value is -1.99. The summed E-state index contributed by atoms with van der Waals surface area (Å²) in [7, 11) is 0. The summed E-state index contributed by atoms with van der Waals surface area (Å²) in [5.74, 6) is 1.45. The SMILES string of the molecule is Cc1cc(-n2cccn2)nc(NCCCCN2CC(C)OC(C)C2)n1. The molecule has 0 spiro atoms. The monoisotopic (exact) mass is 344 g/mol. The Labute approximate surface area is 149 Å². The molecule has 2 unspecified atom stereocenters. The van der Waals surface area contributed by atoms with Crippen molar-refractivity contribution in [3.63, 3.8) is 0 Å². The zero-order valence-corrected chi connectivity index (χ0v) is 15.4. The number of ether oxygens (including phenoxy) is 1. The first-order chi connectivity index (χ1) is 12.1. The minimum atomic E-state index is 0.336. The molecule has 3 heterocycles. The van der Waals surface area contributed by atoms with Gasteiger partial charge < -0.3 is 10.1 Å². The van der Waals surface area contributed by atoms with Crippen molar-refractivity contribution >= 4 is 5.95 Å². The fourth-order valence-corrected chi connectivity index (χ4v) is 3.28. The van der Waals surface area contributed by atoms with E-state index < -0.39 is 0 Å². The van der Waals surface area contributed by atoms with Crippen molar-refractivity contribution in [2.75, 3.05) is 31.5 Å². The van der Waals surface area contributed by atoms with E-state index in [4.69, 9.17) is 4.74 Å². The molecule has 1 saturated heterocycles. The van der Waals surface area contributed by atoms with Crippen LogP contribution in [-0.2, 0) is 4.74 Å². The lowest BCUT2D eigenvalue weighted by Gasteiger charge is -2.35. The minimum Gasteiger partial charge on any atom is -0.373 e. The van der Waals surface area contributed by atoms with E-state index in [0.29, 0.717) is 18.2 Å². The largest absolute Gasteiger partial charge is 0.373 e. The van der Waals surface area contributed by atoms with Gasteiger partial charge >= 0.3 is 0 Å². The van der Waals surface area contributed by atoms with E-state index in [9.17, 15) is 0 Å². The first kappa shape index (κ1) is 17.8. The molecule has 2 aromatic heterocycles. The molecule has 0 aliphatic carbocycles. The Kier molecular flexibility index (Phi) is 5.99. The molecule has 25 heavy (non-hydrogen) atoms. The second-order valence-corrected chi connectivity index (χ2v) is 6.79. The highest BCUT2D eigenvalue weighted by atomic mass is 16.5. The number of aromatic nitrogens is 4. The highest BCUT2D eigenvalue weighted by Crippen LogP contribution is 2.12. The van der Waals surface area contributed by atoms with E-state index in [1.807, 2.05) is 25.3 Å². The highest BCUT2D eigenvalue weighted by molar-refractivity contribution is 5.34. The summed E-state index contributed by atoms with van der Waals surface area (Å²) < 4.78 is 7.53. The van der Waals surface area contributed by atoms with Crippen LogP contribution in [0.5, 0.6) is 0 Å². The molecule has 1 N–H and O–H groups in total. The zero-order chi connectivity index (χ0) is 17.6. The Bertz CT molecular complexity index is 650. The summed E-state index contributed by atoms with van der Waals surface area (Å²) in [4.78, 5) is 11.5. The summed E-state index contributed by atoms with van der Waals surface area (Å²) in [6, 6.07) is 3.82. The number of hydrogen-bond donors (Lipinski definition) is 1. The van der Waals surface area contributed by atoms with E-state index in [-0.39, 0.29) is 0 Å². The number of unbranched alkanes of at least 4 members (excludes halogenated alkanes) is 1. The molecular formula is C18H28N6O. The van der Waals surface area contributed by atoms with Gasteiger partial charge in [-0.25, -0.2) is 9.67 Å². The molecule has 0 radical (unpaired) electrons. The van der Waals surface area contributed by atoms with Crippen molar-refractivity contribution in [2.45, 2.75) is 45.8 Å². The Morgan fingerprint density at radius 2 is 2.00 bits per heavy atom. The van der Waals surface area contributed by atoms with Crippen LogP contribution in [0.25, 0.3) is 5.82 Å². The molecule has 0 aromatic carbocycles. The third-order valence-electron chi connectivity index (χ3n) is 4.26. The quantitative estimate of drug-likeness (QED) is 0.777. The van der Waals surface area contributed by atoms with Crippen LogP contribution in [0.1, 0.15) is 32.4 Å². The standard InChI is InChI=1S/C18H28N6O/c1-14-11-17(24-10-6-8-20-24)22-18(21-14)19-7-4-5-9-23-12-15(2)25-16(3)13-23/h6,8,10-11,15-16H,4-5,7,9,12-13H2,1-3H3,(H,19,21,22). The van der Waals surface area contributed by atoms with Gasteiger partial charge in [0.25, 0.3) is 0 Å². The average Bonchev–Trinajstić information content (AvgIpc) is 3.07. The van der Waals surface area contributed by atoms with Gasteiger partial charge in [0.15, 0.2) is 5.82 Å². The summed E-state index contributed by atoms with van der Waals surface area (Å²) in [5.41, 5.74) is 0.930. The van der Waals surface area contributed by atoms with Gasteiger partial charge in [0, 0.05) is 43.8 Å². The molecule has 1 fully saturated rings. The molecule has 2 aromatic rings. The fraction of sp³-hybridized carbons (Fsp3) is 0.611. The third kappa shape index (κ3) is 5.24. The maximum atomic E-state index is 5.78. The van der Waals surface area contributed by atoms with E-state index in [1.54, 1.807) is 10.9 Å². The lowest BCUT2D eigenvalue weighted by atomic mass is 10.2. The van der Waals surface area contributed by atoms with Gasteiger partial charge in [-0.15, -0.1) is 0 Å². The maximum Gasteiger partial charge on any atom is 0.224 e. The maximum absolute atomic E-state index is 5.78. The Morgan fingerprint density at radius 1 is 1.20 bits per heavy atom. The molecule has 0 saturated carbocycles. The summed E-state index contributed by atoms with van der Waals surface area (Å²) in [5, 5.41) is 7.56. The molecular weight excluding hydrogens is 316 g/mol. The van der Waals surface area contributed by atoms with Gasteiger partial charge in [0.05, 0.1) is 12.2 Å². The smallest absolute Gasteiger partial charge is 0.224 e. The van der Waals surface area contributed by atoms with Crippen molar-refractivity contribution in [1.82, 2.24) is 24.6 Å². The number of nitrogens with one attached hydrogen (secondary N) is 1. The first-order valence-electron chi connectivity index (χ1n) is 9.07. The number of hydrogen-bond acceptors (Lipinski definition) is 6. The highest BCUT2D eigenvalue weighted by Gasteiger charge is 2.21. The number of nitrogens with zero attached hydrogens (tertiary/aromatic N) is 5. The number of rotatable bonds is 7. The van der Waals surface area contributed by atoms with Crippen molar-refractivity contribution in [3.8, 4) is 5.82 Å². The van der Waals surface area contributed by atoms with Crippen molar-refractivity contribution in [2.24, 2.45) is 0 Å². The predicted octanol–water partition coefficient (Wildman–Crippen LogP) is 2.27. The Morgan fingerprint density at radius 3 is 2.72 bits per heavy atom. The van der Waals surface area contributed by atoms with Crippen LogP contribution in [0.2, 0.25) is 0 Å². The van der Waals surface area contributed by atoms with Gasteiger partial charge in [0.1, 0.15) is 0 Å². The van der Waals surface area contributed by atoms with E-state index in [0.717, 1.165) is 50.5 Å². The van der Waals surface area contributed by atoms with Gasteiger partial charge in [-0.3, -0.25) is 4.90 Å². The van der Waals surface area contributed by atoms with E-state index in [1.165, 1.54) is 0 Å². The molecule has 7 heteroatoms.